The van der Waals surface area contributed by atoms with Crippen molar-refractivity contribution in [2.24, 2.45) is 0 Å². The van der Waals surface area contributed by atoms with Gasteiger partial charge in [-0.2, -0.15) is 0 Å². The van der Waals surface area contributed by atoms with Crippen LogP contribution in [0.2, 0.25) is 0 Å². The first kappa shape index (κ1) is 19.2. The van der Waals surface area contributed by atoms with Crippen LogP contribution in [0, 0.1) is 0 Å². The molecule has 2 fully saturated rings. The highest BCUT2D eigenvalue weighted by atomic mass is 16.6. The number of carbonyl (C=O) groups excluding carboxylic acids is 1. The lowest BCUT2D eigenvalue weighted by molar-refractivity contribution is 0.0576. The Labute approximate surface area is 157 Å². The summed E-state index contributed by atoms with van der Waals surface area (Å²) in [5.41, 5.74) is 0.679. The van der Waals surface area contributed by atoms with Crippen LogP contribution in [0.4, 0.5) is 10.6 Å². The van der Waals surface area contributed by atoms with Crippen molar-refractivity contribution in [3.8, 4) is 0 Å². The van der Waals surface area contributed by atoms with E-state index in [9.17, 15) is 4.79 Å². The van der Waals surface area contributed by atoms with E-state index < -0.39 is 5.60 Å². The van der Waals surface area contributed by atoms with Gasteiger partial charge in [-0.1, -0.05) is 19.4 Å². The highest BCUT2D eigenvalue weighted by Crippen LogP contribution is 2.40. The molecule has 1 saturated heterocycles. The first-order valence-corrected chi connectivity index (χ1v) is 10.1. The molecule has 1 atom stereocenters. The highest BCUT2D eigenvalue weighted by molar-refractivity contribution is 5.89. The number of rotatable bonds is 6. The molecule has 1 saturated carbocycles. The van der Waals surface area contributed by atoms with Gasteiger partial charge in [0.05, 0.1) is 0 Å². The van der Waals surface area contributed by atoms with E-state index in [-0.39, 0.29) is 12.1 Å². The van der Waals surface area contributed by atoms with E-state index in [0.29, 0.717) is 6.04 Å². The number of amides is 1. The summed E-state index contributed by atoms with van der Waals surface area (Å²) in [6.45, 7) is 10.2. The first-order valence-electron chi connectivity index (χ1n) is 10.1. The Morgan fingerprint density at radius 3 is 2.77 bits per heavy atom. The molecule has 1 amide bonds. The van der Waals surface area contributed by atoms with Crippen LogP contribution in [0.5, 0.6) is 0 Å². The quantitative estimate of drug-likeness (QED) is 0.723. The second-order valence-corrected chi connectivity index (χ2v) is 8.55. The minimum atomic E-state index is -0.500. The van der Waals surface area contributed by atoms with Crippen molar-refractivity contribution in [1.29, 1.82) is 0 Å². The molecule has 0 unspecified atom stereocenters. The summed E-state index contributed by atoms with van der Waals surface area (Å²) in [5, 5.41) is 0. The molecule has 0 bridgehead atoms. The maximum Gasteiger partial charge on any atom is 0.416 e. The van der Waals surface area contributed by atoms with E-state index in [4.69, 9.17) is 4.74 Å². The van der Waals surface area contributed by atoms with Crippen LogP contribution in [0.25, 0.3) is 0 Å². The SMILES string of the molecule is CCCCN1CCC[C@H]1c1cccnc1N(C(=O)OC(C)(C)C)C1CC1. The zero-order chi connectivity index (χ0) is 18.7. The largest absolute Gasteiger partial charge is 0.443 e. The average molecular weight is 360 g/mol. The zero-order valence-corrected chi connectivity index (χ0v) is 16.7. The molecule has 0 spiro atoms. The summed E-state index contributed by atoms with van der Waals surface area (Å²) in [7, 11) is 0. The number of hydrogen-bond donors (Lipinski definition) is 0. The van der Waals surface area contributed by atoms with Crippen LogP contribution < -0.4 is 4.90 Å². The standard InChI is InChI=1S/C21H33N3O2/c1-5-6-14-23-15-8-10-18(23)17-9-7-13-22-19(17)24(16-11-12-16)20(25)26-21(2,3)4/h7,9,13,16,18H,5-6,8,10-12,14-15H2,1-4H3/t18-/m0/s1. The van der Waals surface area contributed by atoms with Crippen molar-refractivity contribution in [3.05, 3.63) is 23.9 Å². The van der Waals surface area contributed by atoms with Crippen molar-refractivity contribution < 1.29 is 9.53 Å². The third-order valence-electron chi connectivity index (χ3n) is 5.07. The fourth-order valence-corrected chi connectivity index (χ4v) is 3.73. The molecule has 2 aliphatic rings. The Balaban J connectivity index is 1.88. The van der Waals surface area contributed by atoms with Crippen LogP contribution >= 0.6 is 0 Å². The summed E-state index contributed by atoms with van der Waals surface area (Å²) < 4.78 is 5.70. The number of pyridine rings is 1. The Kier molecular flexibility index (Phi) is 5.86. The van der Waals surface area contributed by atoms with Crippen LogP contribution in [0.3, 0.4) is 0 Å². The van der Waals surface area contributed by atoms with Gasteiger partial charge in [0.1, 0.15) is 11.4 Å². The van der Waals surface area contributed by atoms with Gasteiger partial charge in [-0.3, -0.25) is 9.80 Å². The monoisotopic (exact) mass is 359 g/mol. The second kappa shape index (κ2) is 7.95. The Morgan fingerprint density at radius 2 is 2.12 bits per heavy atom. The van der Waals surface area contributed by atoms with Crippen molar-refractivity contribution in [1.82, 2.24) is 9.88 Å². The Bertz CT molecular complexity index is 622. The number of anilines is 1. The van der Waals surface area contributed by atoms with Gasteiger partial charge >= 0.3 is 6.09 Å². The highest BCUT2D eigenvalue weighted by Gasteiger charge is 2.40. The van der Waals surface area contributed by atoms with Crippen molar-refractivity contribution in [2.45, 2.75) is 83.9 Å². The van der Waals surface area contributed by atoms with E-state index in [1.54, 1.807) is 6.20 Å². The second-order valence-electron chi connectivity index (χ2n) is 8.55. The number of nitrogens with zero attached hydrogens (tertiary/aromatic N) is 3. The molecule has 0 aromatic carbocycles. The number of carbonyl (C=O) groups is 1. The lowest BCUT2D eigenvalue weighted by Crippen LogP contribution is -2.40. The summed E-state index contributed by atoms with van der Waals surface area (Å²) in [6, 6.07) is 4.73. The number of unbranched alkanes of at least 4 members (excludes halogenated alkanes) is 1. The average Bonchev–Trinajstić information content (AvgIpc) is 3.29. The van der Waals surface area contributed by atoms with Gasteiger partial charge in [0, 0.05) is 23.8 Å². The van der Waals surface area contributed by atoms with Crippen molar-refractivity contribution in [3.63, 3.8) is 0 Å². The van der Waals surface area contributed by atoms with Crippen LogP contribution in [-0.2, 0) is 4.74 Å². The minimum absolute atomic E-state index is 0.226. The van der Waals surface area contributed by atoms with Crippen molar-refractivity contribution >= 4 is 11.9 Å². The first-order chi connectivity index (χ1) is 12.4. The van der Waals surface area contributed by atoms with E-state index in [1.165, 1.54) is 24.8 Å². The number of aromatic nitrogens is 1. The molecular formula is C21H33N3O2. The number of hydrogen-bond acceptors (Lipinski definition) is 4. The molecule has 5 nitrogen and oxygen atoms in total. The molecule has 0 N–H and O–H groups in total. The lowest BCUT2D eigenvalue weighted by atomic mass is 10.0. The zero-order valence-electron chi connectivity index (χ0n) is 16.7. The molecule has 144 valence electrons. The van der Waals surface area contributed by atoms with Crippen molar-refractivity contribution in [2.75, 3.05) is 18.0 Å². The predicted molar refractivity (Wildman–Crippen MR) is 104 cm³/mol. The topological polar surface area (TPSA) is 45.7 Å². The summed E-state index contributed by atoms with van der Waals surface area (Å²) in [5.74, 6) is 0.803. The van der Waals surface area contributed by atoms with Gasteiger partial charge in [-0.05, 0) is 72.0 Å². The molecule has 1 aromatic rings. The van der Waals surface area contributed by atoms with E-state index in [0.717, 1.165) is 38.2 Å². The molecule has 1 aliphatic carbocycles. The molecular weight excluding hydrogens is 326 g/mol. The molecule has 1 aromatic heterocycles. The van der Waals surface area contributed by atoms with E-state index >= 15 is 0 Å². The van der Waals surface area contributed by atoms with E-state index in [2.05, 4.69) is 22.9 Å². The minimum Gasteiger partial charge on any atom is -0.443 e. The lowest BCUT2D eigenvalue weighted by Gasteiger charge is -2.31. The van der Waals surface area contributed by atoms with Crippen LogP contribution in [-0.4, -0.2) is 40.7 Å². The molecule has 2 heterocycles. The Hall–Kier alpha value is -1.62. The molecule has 26 heavy (non-hydrogen) atoms. The van der Waals surface area contributed by atoms with Gasteiger partial charge in [0.2, 0.25) is 0 Å². The predicted octanol–water partition coefficient (Wildman–Crippen LogP) is 4.92. The maximum absolute atomic E-state index is 12.9. The van der Waals surface area contributed by atoms with Gasteiger partial charge < -0.3 is 4.74 Å². The number of likely N-dealkylation sites (tertiary alicyclic amines) is 1. The van der Waals surface area contributed by atoms with Gasteiger partial charge in [-0.25, -0.2) is 9.78 Å². The fraction of sp³-hybridized carbons (Fsp3) is 0.714. The fourth-order valence-electron chi connectivity index (χ4n) is 3.73. The number of ether oxygens (including phenoxy) is 1. The van der Waals surface area contributed by atoms with Gasteiger partial charge in [0.15, 0.2) is 0 Å². The smallest absolute Gasteiger partial charge is 0.416 e. The normalized spacial score (nSPS) is 21.0. The van der Waals surface area contributed by atoms with Crippen LogP contribution in [0.15, 0.2) is 18.3 Å². The Morgan fingerprint density at radius 1 is 1.35 bits per heavy atom. The third kappa shape index (κ3) is 4.56. The van der Waals surface area contributed by atoms with E-state index in [1.807, 2.05) is 31.7 Å². The van der Waals surface area contributed by atoms with Crippen LogP contribution in [0.1, 0.15) is 77.8 Å². The maximum atomic E-state index is 12.9. The molecule has 0 radical (unpaired) electrons. The summed E-state index contributed by atoms with van der Waals surface area (Å²) in [4.78, 5) is 21.9. The molecule has 1 aliphatic heterocycles. The third-order valence-corrected chi connectivity index (χ3v) is 5.07. The molecule has 5 heteroatoms. The van der Waals surface area contributed by atoms with Gasteiger partial charge in [0.25, 0.3) is 0 Å². The summed E-state index contributed by atoms with van der Waals surface area (Å²) in [6.07, 6.45) is 8.34. The molecule has 3 rings (SSSR count). The summed E-state index contributed by atoms with van der Waals surface area (Å²) >= 11 is 0. The van der Waals surface area contributed by atoms with Gasteiger partial charge in [-0.15, -0.1) is 0 Å².